The van der Waals surface area contributed by atoms with Crippen LogP contribution < -0.4 is 0 Å². The second-order valence-electron chi connectivity index (χ2n) is 10.9. The van der Waals surface area contributed by atoms with Crippen molar-refractivity contribution in [3.63, 3.8) is 0 Å². The van der Waals surface area contributed by atoms with Gasteiger partial charge in [0.05, 0.1) is 37.8 Å². The van der Waals surface area contributed by atoms with Crippen molar-refractivity contribution in [2.45, 2.75) is 24.3 Å². The number of amides is 3. The number of ether oxygens (including phenoxy) is 2. The number of β-amino-alcohol motifs (C(OH)–C–C–N with tert-alkyl or cyclic N) is 1. The number of rotatable bonds is 7. The normalized spacial score (nSPS) is 32.7. The molecule has 39 heavy (non-hydrogen) atoms. The number of likely N-dealkylation sites (tertiary alicyclic amines) is 1. The molecule has 0 radical (unpaired) electrons. The quantitative estimate of drug-likeness (QED) is 0.485. The van der Waals surface area contributed by atoms with Gasteiger partial charge in [0.25, 0.3) is 0 Å². The Morgan fingerprint density at radius 1 is 0.897 bits per heavy atom. The first-order valence-electron chi connectivity index (χ1n) is 13.9. The topological polar surface area (TPSA) is 103 Å². The van der Waals surface area contributed by atoms with Crippen molar-refractivity contribution in [1.82, 2.24) is 19.6 Å². The van der Waals surface area contributed by atoms with Crippen LogP contribution in [0.15, 0.2) is 54.6 Å². The second kappa shape index (κ2) is 10.8. The maximum Gasteiger partial charge on any atom is 0.249 e. The molecule has 5 aliphatic heterocycles. The van der Waals surface area contributed by atoms with Gasteiger partial charge in [0.2, 0.25) is 17.7 Å². The lowest BCUT2D eigenvalue weighted by Crippen LogP contribution is -2.56. The number of fused-ring (bicyclic) bond motifs is 2. The van der Waals surface area contributed by atoms with Crippen molar-refractivity contribution in [1.29, 1.82) is 0 Å². The minimum absolute atomic E-state index is 0.0111. The van der Waals surface area contributed by atoms with Gasteiger partial charge in [-0.3, -0.25) is 19.3 Å². The fourth-order valence-electron chi connectivity index (χ4n) is 6.82. The maximum absolute atomic E-state index is 14.1. The van der Waals surface area contributed by atoms with Crippen LogP contribution in [0.1, 0.15) is 5.56 Å². The molecule has 0 aliphatic carbocycles. The Labute approximate surface area is 228 Å². The molecule has 1 N–H and O–H groups in total. The van der Waals surface area contributed by atoms with Gasteiger partial charge in [0, 0.05) is 52.4 Å². The monoisotopic (exact) mass is 536 g/mol. The summed E-state index contributed by atoms with van der Waals surface area (Å²) < 4.78 is 12.1. The molecule has 208 valence electrons. The van der Waals surface area contributed by atoms with E-state index in [0.717, 1.165) is 18.7 Å². The van der Waals surface area contributed by atoms with Gasteiger partial charge < -0.3 is 29.3 Å². The first-order valence-corrected chi connectivity index (χ1v) is 13.9. The summed E-state index contributed by atoms with van der Waals surface area (Å²) in [6.45, 7) is 5.21. The molecule has 0 bridgehead atoms. The highest BCUT2D eigenvalue weighted by molar-refractivity contribution is 5.99. The summed E-state index contributed by atoms with van der Waals surface area (Å²) >= 11 is 0. The standard InChI is InChI=1S/C29H36N4O6/c34-17-14-33-25-28(37)31(13-12-30-15-18-38-19-16-30)11-5-9-29(25)24(27(33)36)23-22(39-29)8-4-10-32(26(23)35)20-21-6-2-1-3-7-21/h1-9,22-25,34H,10-20H2/t22-,23+,24+,25?,29+/m1/s1. The molecule has 10 nitrogen and oxygen atoms in total. The largest absolute Gasteiger partial charge is 0.395 e. The van der Waals surface area contributed by atoms with Gasteiger partial charge >= 0.3 is 0 Å². The Bertz CT molecular complexity index is 1150. The van der Waals surface area contributed by atoms with Gasteiger partial charge in [0.15, 0.2) is 0 Å². The van der Waals surface area contributed by atoms with E-state index in [4.69, 9.17) is 9.47 Å². The average Bonchev–Trinajstić information content (AvgIpc) is 3.27. The van der Waals surface area contributed by atoms with Crippen molar-refractivity contribution in [3.05, 3.63) is 60.2 Å². The van der Waals surface area contributed by atoms with E-state index in [2.05, 4.69) is 4.90 Å². The molecule has 5 heterocycles. The lowest BCUT2D eigenvalue weighted by Gasteiger charge is -2.36. The van der Waals surface area contributed by atoms with Gasteiger partial charge in [-0.25, -0.2) is 0 Å². The van der Waals surface area contributed by atoms with Crippen LogP contribution in [0, 0.1) is 11.8 Å². The summed E-state index contributed by atoms with van der Waals surface area (Å²) in [5.74, 6) is -2.25. The van der Waals surface area contributed by atoms with Crippen LogP contribution in [-0.4, -0.2) is 126 Å². The molecular formula is C29H36N4O6. The fraction of sp³-hybridized carbons (Fsp3) is 0.552. The first kappa shape index (κ1) is 26.2. The Balaban J connectivity index is 1.29. The van der Waals surface area contributed by atoms with Crippen LogP contribution in [-0.2, 0) is 30.4 Å². The minimum atomic E-state index is -1.26. The summed E-state index contributed by atoms with van der Waals surface area (Å²) in [7, 11) is 0. The molecule has 1 aromatic rings. The Morgan fingerprint density at radius 3 is 2.44 bits per heavy atom. The summed E-state index contributed by atoms with van der Waals surface area (Å²) in [4.78, 5) is 49.4. The molecule has 10 heteroatoms. The van der Waals surface area contributed by atoms with Crippen molar-refractivity contribution in [3.8, 4) is 0 Å². The molecule has 3 saturated heterocycles. The Morgan fingerprint density at radius 2 is 1.67 bits per heavy atom. The Kier molecular flexibility index (Phi) is 7.28. The Hall–Kier alpha value is -3.05. The third kappa shape index (κ3) is 4.59. The van der Waals surface area contributed by atoms with E-state index in [-0.39, 0.29) is 30.9 Å². The zero-order valence-corrected chi connectivity index (χ0v) is 22.1. The first-order chi connectivity index (χ1) is 19.0. The zero-order valence-electron chi connectivity index (χ0n) is 22.1. The van der Waals surface area contributed by atoms with Crippen LogP contribution in [0.25, 0.3) is 0 Å². The van der Waals surface area contributed by atoms with E-state index >= 15 is 0 Å². The lowest BCUT2D eigenvalue weighted by molar-refractivity contribution is -0.148. The number of hydrogen-bond donors (Lipinski definition) is 1. The molecule has 1 unspecified atom stereocenters. The number of carbonyl (C=O) groups excluding carboxylic acids is 3. The minimum Gasteiger partial charge on any atom is -0.395 e. The van der Waals surface area contributed by atoms with Crippen molar-refractivity contribution in [2.24, 2.45) is 11.8 Å². The molecule has 3 fully saturated rings. The third-order valence-electron chi connectivity index (χ3n) is 8.67. The van der Waals surface area contributed by atoms with Gasteiger partial charge in [-0.2, -0.15) is 0 Å². The van der Waals surface area contributed by atoms with Crippen LogP contribution in [0.2, 0.25) is 0 Å². The summed E-state index contributed by atoms with van der Waals surface area (Å²) in [6, 6.07) is 8.84. The van der Waals surface area contributed by atoms with Crippen molar-refractivity contribution in [2.75, 3.05) is 65.6 Å². The maximum atomic E-state index is 14.1. The predicted octanol–water partition coefficient (Wildman–Crippen LogP) is -0.111. The van der Waals surface area contributed by atoms with Crippen LogP contribution in [0.4, 0.5) is 0 Å². The number of nitrogens with zero attached hydrogens (tertiary/aromatic N) is 4. The fourth-order valence-corrected chi connectivity index (χ4v) is 6.82. The molecule has 0 aromatic heterocycles. The SMILES string of the molecule is O=C1C2N(CCO)C(=O)[C@@H]3[C@H]4C(=O)N(Cc5ccccc5)CC=C[C@H]4O[C@]23C=CCN1CCN1CCOCC1. The van der Waals surface area contributed by atoms with E-state index in [9.17, 15) is 19.5 Å². The van der Waals surface area contributed by atoms with E-state index in [0.29, 0.717) is 45.9 Å². The molecule has 1 spiro atoms. The van der Waals surface area contributed by atoms with E-state index in [1.807, 2.05) is 54.6 Å². The van der Waals surface area contributed by atoms with Crippen LogP contribution >= 0.6 is 0 Å². The number of carbonyl (C=O) groups is 3. The molecular weight excluding hydrogens is 500 g/mol. The van der Waals surface area contributed by atoms with E-state index in [1.54, 1.807) is 9.80 Å². The van der Waals surface area contributed by atoms with E-state index in [1.165, 1.54) is 4.90 Å². The number of aliphatic hydroxyl groups is 1. The van der Waals surface area contributed by atoms with Gasteiger partial charge in [0.1, 0.15) is 11.6 Å². The smallest absolute Gasteiger partial charge is 0.249 e. The van der Waals surface area contributed by atoms with Crippen LogP contribution in [0.5, 0.6) is 0 Å². The molecule has 3 amide bonds. The van der Waals surface area contributed by atoms with E-state index < -0.39 is 29.6 Å². The molecule has 0 saturated carbocycles. The predicted molar refractivity (Wildman–Crippen MR) is 141 cm³/mol. The number of hydrogen-bond acceptors (Lipinski definition) is 7. The van der Waals surface area contributed by atoms with Gasteiger partial charge in [-0.15, -0.1) is 0 Å². The second-order valence-corrected chi connectivity index (χ2v) is 10.9. The van der Waals surface area contributed by atoms with Gasteiger partial charge in [-0.05, 0) is 5.56 Å². The highest BCUT2D eigenvalue weighted by Crippen LogP contribution is 2.53. The number of aliphatic hydroxyl groups excluding tert-OH is 1. The van der Waals surface area contributed by atoms with Crippen LogP contribution in [0.3, 0.4) is 0 Å². The third-order valence-corrected chi connectivity index (χ3v) is 8.67. The summed E-state index contributed by atoms with van der Waals surface area (Å²) in [5.41, 5.74) is -0.258. The highest BCUT2D eigenvalue weighted by Gasteiger charge is 2.71. The van der Waals surface area contributed by atoms with Crippen molar-refractivity contribution >= 4 is 17.7 Å². The highest BCUT2D eigenvalue weighted by atomic mass is 16.5. The summed E-state index contributed by atoms with van der Waals surface area (Å²) in [5, 5.41) is 9.84. The zero-order chi connectivity index (χ0) is 27.0. The average molecular weight is 537 g/mol. The van der Waals surface area contributed by atoms with Crippen molar-refractivity contribution < 1.29 is 29.0 Å². The molecule has 5 aliphatic rings. The summed E-state index contributed by atoms with van der Waals surface area (Å²) in [6.07, 6.45) is 6.94. The molecule has 6 rings (SSSR count). The van der Waals surface area contributed by atoms with Gasteiger partial charge in [-0.1, -0.05) is 54.6 Å². The molecule has 1 aromatic carbocycles. The number of morpholine rings is 1. The lowest BCUT2D eigenvalue weighted by atomic mass is 9.77. The molecule has 5 atom stereocenters. The number of benzene rings is 1.